The smallest absolute Gasteiger partial charge is 0.457 e. The molecule has 0 bridgehead atoms. The van der Waals surface area contributed by atoms with Crippen molar-refractivity contribution in [2.45, 2.75) is 52.4 Å². The Labute approximate surface area is 262 Å². The first-order valence-corrected chi connectivity index (χ1v) is 14.8. The molecule has 218 valence electrons. The molecule has 0 saturated heterocycles. The van der Waals surface area contributed by atoms with Gasteiger partial charge in [-0.2, -0.15) is 0 Å². The van der Waals surface area contributed by atoms with E-state index in [9.17, 15) is 0 Å². The second-order valence-corrected chi connectivity index (χ2v) is 13.4. The van der Waals surface area contributed by atoms with Crippen LogP contribution in [0.25, 0.3) is 27.8 Å². The minimum atomic E-state index is -2.38. The van der Waals surface area contributed by atoms with Gasteiger partial charge in [0.15, 0.2) is 6.98 Å². The van der Waals surface area contributed by atoms with E-state index in [2.05, 4.69) is 82.4 Å². The van der Waals surface area contributed by atoms with Gasteiger partial charge in [-0.05, 0) is 69.0 Å². The van der Waals surface area contributed by atoms with Crippen LogP contribution in [0.2, 0.25) is 0 Å². The van der Waals surface area contributed by atoms with Crippen LogP contribution in [-0.2, 0) is 10.8 Å². The normalized spacial score (nSPS) is 14.5. The average Bonchev–Trinajstić information content (AvgIpc) is 3.57. The second-order valence-electron chi connectivity index (χ2n) is 13.4. The van der Waals surface area contributed by atoms with E-state index in [-0.39, 0.29) is 10.8 Å². The van der Waals surface area contributed by atoms with Crippen molar-refractivity contribution in [3.05, 3.63) is 108 Å². The second kappa shape index (κ2) is 10.0. The van der Waals surface area contributed by atoms with Gasteiger partial charge in [0.05, 0.1) is 11.6 Å². The molecular formula is C38H37N5O+2. The van der Waals surface area contributed by atoms with E-state index in [1.54, 1.807) is 16.8 Å². The lowest BCUT2D eigenvalue weighted by atomic mass is 9.86. The molecule has 0 amide bonds. The fraction of sp³-hybridized carbons (Fsp3) is 0.237. The highest BCUT2D eigenvalue weighted by Crippen LogP contribution is 2.39. The van der Waals surface area contributed by atoms with Crippen molar-refractivity contribution in [2.75, 3.05) is 6.98 Å². The molecule has 3 aromatic carbocycles. The maximum absolute atomic E-state index is 8.11. The van der Waals surface area contributed by atoms with Gasteiger partial charge >= 0.3 is 6.01 Å². The van der Waals surface area contributed by atoms with E-state index in [4.69, 9.17) is 18.8 Å². The SMILES string of the molecule is [2H]C([2H])([2H])[N+]1=C=[N+](c2cc(Oc3ccc4c5cccnc5n(-c5cc(C(C)(C)C)ccn5)c4c3)cc(C(C)(C)C)c2)c2ccccc21. The zero-order valence-electron chi connectivity index (χ0n) is 28.9. The molecule has 6 aromatic rings. The molecule has 4 heterocycles. The Hall–Kier alpha value is -5.06. The molecule has 0 spiro atoms. The molecule has 1 aliphatic rings. The third kappa shape index (κ3) is 4.78. The number of pyridine rings is 2. The number of aromatic nitrogens is 3. The van der Waals surface area contributed by atoms with Crippen LogP contribution in [0, 0.1) is 0 Å². The molecule has 6 nitrogen and oxygen atoms in total. The van der Waals surface area contributed by atoms with E-state index in [0.29, 0.717) is 17.2 Å². The fourth-order valence-corrected chi connectivity index (χ4v) is 5.71. The quantitative estimate of drug-likeness (QED) is 0.195. The molecule has 7 rings (SSSR count). The number of fused-ring (bicyclic) bond motifs is 4. The van der Waals surface area contributed by atoms with Gasteiger partial charge in [-0.25, -0.2) is 9.97 Å². The largest absolute Gasteiger partial charge is 0.496 e. The van der Waals surface area contributed by atoms with Gasteiger partial charge in [0, 0.05) is 47.4 Å². The molecule has 0 fully saturated rings. The summed E-state index contributed by atoms with van der Waals surface area (Å²) < 4.78 is 36.1. The Bertz CT molecular complexity index is 2280. The highest BCUT2D eigenvalue weighted by atomic mass is 16.5. The lowest BCUT2D eigenvalue weighted by Crippen LogP contribution is -2.12. The predicted octanol–water partition coefficient (Wildman–Crippen LogP) is 9.26. The van der Waals surface area contributed by atoms with Crippen molar-refractivity contribution in [2.24, 2.45) is 0 Å². The van der Waals surface area contributed by atoms with E-state index < -0.39 is 6.98 Å². The van der Waals surface area contributed by atoms with Gasteiger partial charge in [-0.15, -0.1) is 0 Å². The van der Waals surface area contributed by atoms with Crippen LogP contribution >= 0.6 is 0 Å². The Balaban J connectivity index is 1.38. The van der Waals surface area contributed by atoms with Gasteiger partial charge in [0.1, 0.15) is 27.1 Å². The number of benzene rings is 3. The van der Waals surface area contributed by atoms with Gasteiger partial charge in [0.25, 0.3) is 11.4 Å². The maximum atomic E-state index is 8.11. The zero-order chi connectivity index (χ0) is 33.3. The molecule has 3 aromatic heterocycles. The number of hydrogen-bond acceptors (Lipinski definition) is 3. The summed E-state index contributed by atoms with van der Waals surface area (Å²) in [4.78, 5) is 9.53. The standard InChI is InChI=1S/C38H37N5O/c1-37(2,3)25-16-18-39-35(21-25)43-34-23-28(14-15-30(34)31-11-10-17-40-36(31)43)44-29-20-26(38(4,5)6)19-27(22-29)42-24-41(7)32-12-8-9-13-33(32)42/h8-23H,1-7H3/q+2/i7D3. The van der Waals surface area contributed by atoms with Crippen LogP contribution in [0.15, 0.2) is 97.3 Å². The summed E-state index contributed by atoms with van der Waals surface area (Å²) >= 11 is 0. The van der Waals surface area contributed by atoms with Crippen LogP contribution in [-0.4, -0.2) is 32.1 Å². The average molecular weight is 583 g/mol. The first kappa shape index (κ1) is 24.4. The first-order valence-electron chi connectivity index (χ1n) is 16.3. The molecule has 0 N–H and O–H groups in total. The van der Waals surface area contributed by atoms with E-state index in [1.165, 1.54) is 10.1 Å². The highest BCUT2D eigenvalue weighted by Gasteiger charge is 2.33. The topological polar surface area (TPSA) is 46.0 Å². The maximum Gasteiger partial charge on any atom is 0.496 e. The van der Waals surface area contributed by atoms with E-state index in [0.717, 1.165) is 44.7 Å². The minimum Gasteiger partial charge on any atom is -0.457 e. The van der Waals surface area contributed by atoms with Crippen LogP contribution in [0.1, 0.15) is 56.8 Å². The molecule has 0 saturated carbocycles. The van der Waals surface area contributed by atoms with E-state index in [1.807, 2.05) is 54.7 Å². The number of nitrogens with zero attached hydrogens (tertiary/aromatic N) is 5. The number of hydrogen-bond donors (Lipinski definition) is 0. The van der Waals surface area contributed by atoms with Crippen LogP contribution in [0.3, 0.4) is 0 Å². The third-order valence-electron chi connectivity index (χ3n) is 8.15. The molecule has 0 unspecified atom stereocenters. The van der Waals surface area contributed by atoms with Crippen molar-refractivity contribution in [3.8, 4) is 17.3 Å². The summed E-state index contributed by atoms with van der Waals surface area (Å²) in [6, 6.07) is 30.9. The lowest BCUT2D eigenvalue weighted by Gasteiger charge is -2.20. The van der Waals surface area contributed by atoms with Gasteiger partial charge in [-0.3, -0.25) is 4.57 Å². The van der Waals surface area contributed by atoms with E-state index >= 15 is 0 Å². The Morgan fingerprint density at radius 3 is 2.30 bits per heavy atom. The summed E-state index contributed by atoms with van der Waals surface area (Å²) in [5, 5.41) is 2.08. The zero-order valence-corrected chi connectivity index (χ0v) is 25.9. The van der Waals surface area contributed by atoms with Gasteiger partial charge in [0.2, 0.25) is 5.69 Å². The molecule has 6 heteroatoms. The Morgan fingerprint density at radius 2 is 1.52 bits per heavy atom. The summed E-state index contributed by atoms with van der Waals surface area (Å²) in [6.07, 6.45) is 3.66. The van der Waals surface area contributed by atoms with Crippen LogP contribution < -0.4 is 9.31 Å². The summed E-state index contributed by atoms with van der Waals surface area (Å²) in [6.45, 7) is 10.6. The molecule has 0 atom stereocenters. The number of para-hydroxylation sites is 2. The van der Waals surface area contributed by atoms with Crippen molar-refractivity contribution in [1.82, 2.24) is 19.1 Å². The fourth-order valence-electron chi connectivity index (χ4n) is 5.71. The highest BCUT2D eigenvalue weighted by molar-refractivity contribution is 6.08. The van der Waals surface area contributed by atoms with Crippen LogP contribution in [0.5, 0.6) is 11.5 Å². The Kier molecular flexibility index (Phi) is 5.54. The van der Waals surface area contributed by atoms with Crippen molar-refractivity contribution in [3.63, 3.8) is 0 Å². The molecule has 0 aliphatic carbocycles. The number of rotatable bonds is 4. The molecule has 0 radical (unpaired) electrons. The molecular weight excluding hydrogens is 542 g/mol. The summed E-state index contributed by atoms with van der Waals surface area (Å²) in [5.41, 5.74) is 5.81. The Morgan fingerprint density at radius 1 is 0.727 bits per heavy atom. The third-order valence-corrected chi connectivity index (χ3v) is 8.15. The molecule has 44 heavy (non-hydrogen) atoms. The minimum absolute atomic E-state index is 0.0425. The van der Waals surface area contributed by atoms with Crippen molar-refractivity contribution < 1.29 is 13.4 Å². The van der Waals surface area contributed by atoms with Crippen molar-refractivity contribution in [1.29, 1.82) is 0 Å². The van der Waals surface area contributed by atoms with Gasteiger partial charge in [-0.1, -0.05) is 58.3 Å². The predicted molar refractivity (Wildman–Crippen MR) is 179 cm³/mol. The van der Waals surface area contributed by atoms with Gasteiger partial charge < -0.3 is 4.74 Å². The van der Waals surface area contributed by atoms with Crippen LogP contribution in [0.4, 0.5) is 17.1 Å². The van der Waals surface area contributed by atoms with Crippen molar-refractivity contribution >= 4 is 45.0 Å². The first-order chi connectivity index (χ1) is 22.2. The summed E-state index contributed by atoms with van der Waals surface area (Å²) in [7, 11) is 0. The molecule has 1 aliphatic heterocycles. The summed E-state index contributed by atoms with van der Waals surface area (Å²) in [5.74, 6) is 2.08. The number of ether oxygens (including phenoxy) is 1. The lowest BCUT2D eigenvalue weighted by molar-refractivity contribution is -0.394. The monoisotopic (exact) mass is 582 g/mol.